The molecule has 0 radical (unpaired) electrons. The van der Waals surface area contributed by atoms with Gasteiger partial charge in [0.05, 0.1) is 18.7 Å². The Hall–Kier alpha value is -1.12. The van der Waals surface area contributed by atoms with Crippen molar-refractivity contribution in [2.75, 3.05) is 26.2 Å². The zero-order chi connectivity index (χ0) is 15.1. The van der Waals surface area contributed by atoms with Crippen LogP contribution in [0.15, 0.2) is 0 Å². The van der Waals surface area contributed by atoms with Crippen molar-refractivity contribution in [2.45, 2.75) is 57.6 Å². The molecule has 0 aromatic heterocycles. The van der Waals surface area contributed by atoms with Crippen LogP contribution in [0.3, 0.4) is 0 Å². The highest BCUT2D eigenvalue weighted by atomic mass is 16.5. The third-order valence-electron chi connectivity index (χ3n) is 4.68. The van der Waals surface area contributed by atoms with E-state index in [0.29, 0.717) is 12.6 Å². The molecule has 1 heterocycles. The third kappa shape index (κ3) is 5.29. The fraction of sp³-hybridized carbons (Fsp3) is 0.875. The highest BCUT2D eigenvalue weighted by Crippen LogP contribution is 2.28. The van der Waals surface area contributed by atoms with E-state index in [2.05, 4.69) is 17.1 Å². The monoisotopic (exact) mass is 293 g/mol. The number of carbonyl (C=O) groups is 1. The van der Waals surface area contributed by atoms with Crippen molar-refractivity contribution in [3.63, 3.8) is 0 Å². The lowest BCUT2D eigenvalue weighted by atomic mass is 9.86. The van der Waals surface area contributed by atoms with Crippen LogP contribution in [0.1, 0.15) is 45.4 Å². The normalized spacial score (nSPS) is 29.3. The van der Waals surface area contributed by atoms with Crippen LogP contribution in [0.25, 0.3) is 0 Å². The fourth-order valence-electron chi connectivity index (χ4n) is 3.38. The molecule has 1 aliphatic carbocycles. The summed E-state index contributed by atoms with van der Waals surface area (Å²) in [4.78, 5) is 14.2. The summed E-state index contributed by atoms with van der Waals surface area (Å²) in [5.74, 6) is 0.756. The molecule has 1 N–H and O–H groups in total. The first kappa shape index (κ1) is 16.3. The zero-order valence-electron chi connectivity index (χ0n) is 13.0. The van der Waals surface area contributed by atoms with Gasteiger partial charge in [0.2, 0.25) is 5.91 Å². The molecule has 5 heteroatoms. The van der Waals surface area contributed by atoms with Gasteiger partial charge in [-0.15, -0.1) is 0 Å². The highest BCUT2D eigenvalue weighted by molar-refractivity contribution is 5.78. The van der Waals surface area contributed by atoms with Gasteiger partial charge in [-0.3, -0.25) is 9.69 Å². The summed E-state index contributed by atoms with van der Waals surface area (Å²) in [5.41, 5.74) is 0. The average molecular weight is 293 g/mol. The quantitative estimate of drug-likeness (QED) is 0.757. The molecular weight excluding hydrogens is 266 g/mol. The lowest BCUT2D eigenvalue weighted by Gasteiger charge is -2.36. The van der Waals surface area contributed by atoms with E-state index in [0.717, 1.165) is 31.9 Å². The Labute approximate surface area is 127 Å². The molecule has 1 amide bonds. The minimum absolute atomic E-state index is 0.0480. The maximum absolute atomic E-state index is 11.9. The molecule has 2 rings (SSSR count). The van der Waals surface area contributed by atoms with E-state index in [4.69, 9.17) is 10.00 Å². The molecule has 1 saturated heterocycles. The van der Waals surface area contributed by atoms with Crippen LogP contribution in [0.2, 0.25) is 0 Å². The van der Waals surface area contributed by atoms with Gasteiger partial charge in [-0.05, 0) is 44.4 Å². The van der Waals surface area contributed by atoms with Gasteiger partial charge in [0.25, 0.3) is 0 Å². The van der Waals surface area contributed by atoms with Gasteiger partial charge in [-0.25, -0.2) is 0 Å². The van der Waals surface area contributed by atoms with Crippen LogP contribution in [0.5, 0.6) is 0 Å². The average Bonchev–Trinajstić information content (AvgIpc) is 2.98. The molecule has 0 bridgehead atoms. The largest absolute Gasteiger partial charge is 0.377 e. The number of hydrogen-bond donors (Lipinski definition) is 1. The van der Waals surface area contributed by atoms with Crippen molar-refractivity contribution in [1.29, 1.82) is 5.26 Å². The number of carbonyl (C=O) groups excluding carboxylic acids is 1. The Morgan fingerprint density at radius 3 is 2.71 bits per heavy atom. The predicted octanol–water partition coefficient (Wildman–Crippen LogP) is 1.69. The first-order valence-electron chi connectivity index (χ1n) is 8.18. The predicted molar refractivity (Wildman–Crippen MR) is 80.6 cm³/mol. The van der Waals surface area contributed by atoms with Crippen molar-refractivity contribution in [3.8, 4) is 6.07 Å². The Bertz CT molecular complexity index is 366. The maximum atomic E-state index is 11.9. The SMILES string of the molecule is CC1CCC(N(CC(=O)NCC#N)C[C@@H]2CCCO2)CC1. The topological polar surface area (TPSA) is 65.4 Å². The number of nitrogens with one attached hydrogen (secondary N) is 1. The molecular formula is C16H27N3O2. The first-order chi connectivity index (χ1) is 10.2. The number of amides is 1. The van der Waals surface area contributed by atoms with Crippen LogP contribution in [0.4, 0.5) is 0 Å². The van der Waals surface area contributed by atoms with Gasteiger partial charge in [0.15, 0.2) is 0 Å². The number of rotatable bonds is 6. The van der Waals surface area contributed by atoms with Crippen molar-refractivity contribution < 1.29 is 9.53 Å². The van der Waals surface area contributed by atoms with E-state index in [9.17, 15) is 4.79 Å². The standard InChI is InChI=1S/C16H27N3O2/c1-13-4-6-14(7-5-13)19(11-15-3-2-10-21-15)12-16(20)18-9-8-17/h13-15H,2-7,9-12H2,1H3,(H,18,20)/t13?,14?,15-/m0/s1. The molecule has 1 saturated carbocycles. The zero-order valence-corrected chi connectivity index (χ0v) is 13.0. The summed E-state index contributed by atoms with van der Waals surface area (Å²) in [5, 5.41) is 11.2. The Morgan fingerprint density at radius 1 is 1.33 bits per heavy atom. The number of nitriles is 1. The minimum Gasteiger partial charge on any atom is -0.377 e. The molecule has 0 aromatic carbocycles. The van der Waals surface area contributed by atoms with Crippen molar-refractivity contribution >= 4 is 5.91 Å². The number of hydrogen-bond acceptors (Lipinski definition) is 4. The molecule has 2 aliphatic rings. The minimum atomic E-state index is -0.0480. The second-order valence-electron chi connectivity index (χ2n) is 6.41. The lowest BCUT2D eigenvalue weighted by Crippen LogP contribution is -2.47. The van der Waals surface area contributed by atoms with E-state index in [1.54, 1.807) is 0 Å². The highest BCUT2D eigenvalue weighted by Gasteiger charge is 2.28. The first-order valence-corrected chi connectivity index (χ1v) is 8.18. The summed E-state index contributed by atoms with van der Waals surface area (Å²) in [6.45, 7) is 4.48. The molecule has 2 fully saturated rings. The molecule has 0 unspecified atom stereocenters. The third-order valence-corrected chi connectivity index (χ3v) is 4.68. The van der Waals surface area contributed by atoms with Gasteiger partial charge in [0, 0.05) is 19.2 Å². The Morgan fingerprint density at radius 2 is 2.10 bits per heavy atom. The van der Waals surface area contributed by atoms with E-state index in [1.165, 1.54) is 25.7 Å². The van der Waals surface area contributed by atoms with Gasteiger partial charge < -0.3 is 10.1 Å². The summed E-state index contributed by atoms with van der Waals surface area (Å²) in [7, 11) is 0. The van der Waals surface area contributed by atoms with Gasteiger partial charge in [-0.2, -0.15) is 5.26 Å². The van der Waals surface area contributed by atoms with Gasteiger partial charge in [-0.1, -0.05) is 6.92 Å². The summed E-state index contributed by atoms with van der Waals surface area (Å²) in [6.07, 6.45) is 7.31. The molecule has 0 aromatic rings. The maximum Gasteiger partial charge on any atom is 0.235 e. The van der Waals surface area contributed by atoms with E-state index < -0.39 is 0 Å². The van der Waals surface area contributed by atoms with Crippen molar-refractivity contribution in [2.24, 2.45) is 5.92 Å². The van der Waals surface area contributed by atoms with Crippen LogP contribution in [0, 0.1) is 17.2 Å². The van der Waals surface area contributed by atoms with E-state index in [-0.39, 0.29) is 18.6 Å². The smallest absolute Gasteiger partial charge is 0.235 e. The second-order valence-corrected chi connectivity index (χ2v) is 6.41. The summed E-state index contributed by atoms with van der Waals surface area (Å²) in [6, 6.07) is 2.44. The fourth-order valence-corrected chi connectivity index (χ4v) is 3.38. The summed E-state index contributed by atoms with van der Waals surface area (Å²) >= 11 is 0. The summed E-state index contributed by atoms with van der Waals surface area (Å²) < 4.78 is 5.73. The molecule has 118 valence electrons. The van der Waals surface area contributed by atoms with Crippen molar-refractivity contribution in [3.05, 3.63) is 0 Å². The van der Waals surface area contributed by atoms with Crippen LogP contribution in [-0.4, -0.2) is 49.2 Å². The molecule has 21 heavy (non-hydrogen) atoms. The van der Waals surface area contributed by atoms with Gasteiger partial charge in [0.1, 0.15) is 6.54 Å². The molecule has 0 spiro atoms. The van der Waals surface area contributed by atoms with E-state index >= 15 is 0 Å². The van der Waals surface area contributed by atoms with Crippen LogP contribution >= 0.6 is 0 Å². The molecule has 1 aliphatic heterocycles. The van der Waals surface area contributed by atoms with Gasteiger partial charge >= 0.3 is 0 Å². The van der Waals surface area contributed by atoms with Crippen LogP contribution < -0.4 is 5.32 Å². The number of ether oxygens (including phenoxy) is 1. The number of nitrogens with zero attached hydrogens (tertiary/aromatic N) is 2. The Kier molecular flexibility index (Phi) is 6.47. The van der Waals surface area contributed by atoms with Crippen molar-refractivity contribution in [1.82, 2.24) is 10.2 Å². The van der Waals surface area contributed by atoms with Crippen LogP contribution in [-0.2, 0) is 9.53 Å². The Balaban J connectivity index is 1.89. The second kappa shape index (κ2) is 8.35. The molecule has 1 atom stereocenters. The molecule has 5 nitrogen and oxygen atoms in total. The lowest BCUT2D eigenvalue weighted by molar-refractivity contribution is -0.123. The van der Waals surface area contributed by atoms with E-state index in [1.807, 2.05) is 6.07 Å².